The predicted molar refractivity (Wildman–Crippen MR) is 127 cm³/mol. The highest BCUT2D eigenvalue weighted by Gasteiger charge is 2.38. The number of halogens is 3. The van der Waals surface area contributed by atoms with Crippen LogP contribution in [0.2, 0.25) is 0 Å². The van der Waals surface area contributed by atoms with Gasteiger partial charge < -0.3 is 19.1 Å². The summed E-state index contributed by atoms with van der Waals surface area (Å²) in [5.41, 5.74) is 0.792. The van der Waals surface area contributed by atoms with Crippen LogP contribution in [0, 0.1) is 0 Å². The Balaban J connectivity index is 1.44. The maximum Gasteiger partial charge on any atom is 0.573 e. The molecule has 36 heavy (non-hydrogen) atoms. The molecule has 1 aromatic rings. The Morgan fingerprint density at radius 1 is 1.06 bits per heavy atom. The summed E-state index contributed by atoms with van der Waals surface area (Å²) >= 11 is 0. The molecule has 3 rings (SSSR count). The smallest absolute Gasteiger partial charge is 0.490 e. The largest absolute Gasteiger partial charge is 0.573 e. The van der Waals surface area contributed by atoms with E-state index < -0.39 is 27.7 Å². The second kappa shape index (κ2) is 12.0. The molecule has 2 saturated heterocycles. The van der Waals surface area contributed by atoms with Gasteiger partial charge >= 0.3 is 12.5 Å². The molecule has 12 heteroatoms. The summed E-state index contributed by atoms with van der Waals surface area (Å²) in [6, 6.07) is 5.12. The number of hydrogen-bond acceptors (Lipinski definition) is 6. The van der Waals surface area contributed by atoms with Gasteiger partial charge in [-0.15, -0.1) is 13.2 Å². The Kier molecular flexibility index (Phi) is 9.29. The van der Waals surface area contributed by atoms with Gasteiger partial charge in [-0.1, -0.05) is 18.7 Å². The summed E-state index contributed by atoms with van der Waals surface area (Å²) in [4.78, 5) is 13.8. The zero-order valence-electron chi connectivity index (χ0n) is 20.1. The lowest BCUT2D eigenvalue weighted by molar-refractivity contribution is -0.274. The maximum absolute atomic E-state index is 13.2. The first-order valence-corrected chi connectivity index (χ1v) is 13.2. The quantitative estimate of drug-likeness (QED) is 0.459. The van der Waals surface area contributed by atoms with Gasteiger partial charge in [-0.2, -0.15) is 0 Å². The molecule has 1 amide bonds. The second-order valence-corrected chi connectivity index (χ2v) is 10.8. The summed E-state index contributed by atoms with van der Waals surface area (Å²) in [5, 5.41) is -0.570. The van der Waals surface area contributed by atoms with E-state index in [1.807, 2.05) is 6.92 Å². The molecule has 0 bridgehead atoms. The molecule has 0 atom stereocenters. The van der Waals surface area contributed by atoms with E-state index in [4.69, 9.17) is 9.47 Å². The maximum atomic E-state index is 13.2. The van der Waals surface area contributed by atoms with Gasteiger partial charge in [0.2, 0.25) is 10.0 Å². The molecule has 2 fully saturated rings. The van der Waals surface area contributed by atoms with Gasteiger partial charge in [0.15, 0.2) is 0 Å². The van der Waals surface area contributed by atoms with Gasteiger partial charge in [0, 0.05) is 26.2 Å². The number of allylic oxidation sites excluding steroid dienone is 1. The van der Waals surface area contributed by atoms with Crippen molar-refractivity contribution in [1.82, 2.24) is 9.21 Å². The van der Waals surface area contributed by atoms with Crippen LogP contribution in [0.3, 0.4) is 0 Å². The zero-order valence-corrected chi connectivity index (χ0v) is 20.9. The molecule has 8 nitrogen and oxygen atoms in total. The second-order valence-electron chi connectivity index (χ2n) is 8.59. The fraction of sp³-hybridized carbons (Fsp3) is 0.542. The first kappa shape index (κ1) is 27.9. The van der Waals surface area contributed by atoms with E-state index in [9.17, 15) is 26.4 Å². The lowest BCUT2D eigenvalue weighted by Gasteiger charge is -2.37. The number of amides is 1. The van der Waals surface area contributed by atoms with Crippen LogP contribution in [-0.4, -0.2) is 74.2 Å². The molecule has 0 N–H and O–H groups in total. The molecule has 2 aliphatic heterocycles. The molecular formula is C24H31F3N2O6S. The van der Waals surface area contributed by atoms with E-state index >= 15 is 0 Å². The highest BCUT2D eigenvalue weighted by atomic mass is 32.2. The summed E-state index contributed by atoms with van der Waals surface area (Å²) in [7, 11) is -3.53. The van der Waals surface area contributed by atoms with Gasteiger partial charge in [0.25, 0.3) is 0 Å². The normalized spacial score (nSPS) is 19.1. The molecule has 1 aromatic carbocycles. The Morgan fingerprint density at radius 2 is 1.64 bits per heavy atom. The third-order valence-electron chi connectivity index (χ3n) is 6.24. The molecule has 0 saturated carbocycles. The van der Waals surface area contributed by atoms with E-state index in [0.29, 0.717) is 44.5 Å². The van der Waals surface area contributed by atoms with Crippen LogP contribution < -0.4 is 9.47 Å². The fourth-order valence-electron chi connectivity index (χ4n) is 4.16. The Bertz CT molecular complexity index is 1030. The van der Waals surface area contributed by atoms with Crippen molar-refractivity contribution >= 4 is 16.1 Å². The van der Waals surface area contributed by atoms with Gasteiger partial charge in [-0.3, -0.25) is 0 Å². The number of hydrogen-bond donors (Lipinski definition) is 0. The van der Waals surface area contributed by atoms with Crippen molar-refractivity contribution in [2.24, 2.45) is 0 Å². The van der Waals surface area contributed by atoms with E-state index in [1.165, 1.54) is 33.5 Å². The fourth-order valence-corrected chi connectivity index (χ4v) is 6.11. The Labute approximate surface area is 209 Å². The van der Waals surface area contributed by atoms with Crippen molar-refractivity contribution in [1.29, 1.82) is 0 Å². The Hall–Kier alpha value is -2.73. The standard InChI is InChI=1S/C24H31F3N2O6S/c1-3-18(4-2)17-33-23(30)28-13-11-22(12-14-28)36(31,32)29-15-9-20(10-16-29)34-19-5-7-21(8-6-19)35-24(25,26)27/h3-8,20,22H,1,9-17H2,2H3/b18-4+. The molecule has 0 spiro atoms. The number of carbonyl (C=O) groups is 1. The van der Waals surface area contributed by atoms with Crippen molar-refractivity contribution < 1.29 is 40.6 Å². The van der Waals surface area contributed by atoms with Crippen LogP contribution in [0.15, 0.2) is 48.6 Å². The highest BCUT2D eigenvalue weighted by molar-refractivity contribution is 7.89. The SMILES string of the molecule is C=C/C(=C\C)COC(=O)N1CCC(S(=O)(=O)N2CCC(Oc3ccc(OC(F)(F)F)cc3)CC2)CC1. The average Bonchev–Trinajstić information content (AvgIpc) is 2.85. The number of alkyl halides is 3. The number of rotatable bonds is 8. The van der Waals surface area contributed by atoms with E-state index in [-0.39, 0.29) is 31.5 Å². The van der Waals surface area contributed by atoms with Crippen molar-refractivity contribution in [2.45, 2.75) is 50.3 Å². The van der Waals surface area contributed by atoms with Crippen LogP contribution in [0.5, 0.6) is 11.5 Å². The van der Waals surface area contributed by atoms with E-state index in [2.05, 4.69) is 11.3 Å². The van der Waals surface area contributed by atoms with Crippen LogP contribution >= 0.6 is 0 Å². The molecule has 2 aliphatic rings. The van der Waals surface area contributed by atoms with E-state index in [1.54, 1.807) is 12.2 Å². The van der Waals surface area contributed by atoms with Crippen molar-refractivity contribution in [3.63, 3.8) is 0 Å². The zero-order chi connectivity index (χ0) is 26.3. The van der Waals surface area contributed by atoms with Crippen LogP contribution in [0.1, 0.15) is 32.6 Å². The number of likely N-dealkylation sites (tertiary alicyclic amines) is 1. The third-order valence-corrected chi connectivity index (χ3v) is 8.64. The minimum absolute atomic E-state index is 0.125. The lowest BCUT2D eigenvalue weighted by atomic mass is 10.1. The topological polar surface area (TPSA) is 85.4 Å². The van der Waals surface area contributed by atoms with Crippen LogP contribution in [0.4, 0.5) is 18.0 Å². The lowest BCUT2D eigenvalue weighted by Crippen LogP contribution is -2.49. The number of benzene rings is 1. The first-order valence-electron chi connectivity index (χ1n) is 11.7. The highest BCUT2D eigenvalue weighted by Crippen LogP contribution is 2.28. The van der Waals surface area contributed by atoms with E-state index in [0.717, 1.165) is 5.57 Å². The summed E-state index contributed by atoms with van der Waals surface area (Å²) in [5.74, 6) is 0.0501. The molecular weight excluding hydrogens is 501 g/mol. The van der Waals surface area contributed by atoms with Gasteiger partial charge in [-0.05, 0) is 62.4 Å². The Morgan fingerprint density at radius 3 is 2.17 bits per heavy atom. The number of sulfonamides is 1. The summed E-state index contributed by atoms with van der Waals surface area (Å²) in [6.07, 6.45) is -0.481. The van der Waals surface area contributed by atoms with Crippen molar-refractivity contribution in [3.05, 3.63) is 48.6 Å². The van der Waals surface area contributed by atoms with Crippen molar-refractivity contribution in [2.75, 3.05) is 32.8 Å². The molecule has 0 aliphatic carbocycles. The molecule has 0 radical (unpaired) electrons. The summed E-state index contributed by atoms with van der Waals surface area (Å²) < 4.78 is 79.6. The predicted octanol–water partition coefficient (Wildman–Crippen LogP) is 4.49. The molecule has 0 unspecified atom stereocenters. The van der Waals surface area contributed by atoms with Gasteiger partial charge in [-0.25, -0.2) is 17.5 Å². The molecule has 0 aromatic heterocycles. The average molecular weight is 533 g/mol. The van der Waals surface area contributed by atoms with Crippen LogP contribution in [0.25, 0.3) is 0 Å². The van der Waals surface area contributed by atoms with Crippen molar-refractivity contribution in [3.8, 4) is 11.5 Å². The number of carbonyl (C=O) groups excluding carboxylic acids is 1. The summed E-state index contributed by atoms with van der Waals surface area (Å²) in [6.45, 7) is 6.78. The van der Waals surface area contributed by atoms with Crippen LogP contribution in [-0.2, 0) is 14.8 Å². The first-order chi connectivity index (χ1) is 17.0. The molecule has 2 heterocycles. The molecule has 200 valence electrons. The van der Waals surface area contributed by atoms with Gasteiger partial charge in [0.05, 0.1) is 5.25 Å². The minimum Gasteiger partial charge on any atom is -0.490 e. The minimum atomic E-state index is -4.76. The number of ether oxygens (including phenoxy) is 3. The number of piperidine rings is 2. The monoisotopic (exact) mass is 532 g/mol. The number of nitrogens with zero attached hydrogens (tertiary/aromatic N) is 2. The van der Waals surface area contributed by atoms with Gasteiger partial charge in [0.1, 0.15) is 24.2 Å². The third kappa shape index (κ3) is 7.63.